The Bertz CT molecular complexity index is 523. The van der Waals surface area contributed by atoms with Gasteiger partial charge in [-0.25, -0.2) is 4.39 Å². The third-order valence-corrected chi connectivity index (χ3v) is 4.16. The van der Waals surface area contributed by atoms with Crippen LogP contribution in [0.2, 0.25) is 0 Å². The Balaban J connectivity index is 2.00. The van der Waals surface area contributed by atoms with Crippen LogP contribution in [-0.4, -0.2) is 29.8 Å². The number of hydrogen-bond acceptors (Lipinski definition) is 2. The lowest BCUT2D eigenvalue weighted by Gasteiger charge is -2.32. The van der Waals surface area contributed by atoms with Crippen LogP contribution >= 0.6 is 0 Å². The van der Waals surface area contributed by atoms with Crippen molar-refractivity contribution in [1.82, 2.24) is 4.90 Å². The predicted octanol–water partition coefficient (Wildman–Crippen LogP) is 2.64. The highest BCUT2D eigenvalue weighted by Gasteiger charge is 2.41. The zero-order valence-corrected chi connectivity index (χ0v) is 10.4. The molecule has 3 heteroatoms. The molecule has 18 heavy (non-hydrogen) atoms. The van der Waals surface area contributed by atoms with Crippen LogP contribution in [-0.2, 0) is 4.79 Å². The summed E-state index contributed by atoms with van der Waals surface area (Å²) in [6.45, 7) is 0. The average molecular weight is 245 g/mol. The maximum Gasteiger partial charge on any atom is 0.162 e. The van der Waals surface area contributed by atoms with E-state index in [2.05, 4.69) is 11.9 Å². The van der Waals surface area contributed by atoms with Crippen molar-refractivity contribution in [2.75, 3.05) is 7.05 Å². The van der Waals surface area contributed by atoms with E-state index in [1.54, 1.807) is 24.3 Å². The van der Waals surface area contributed by atoms with Crippen LogP contribution in [0.15, 0.2) is 29.8 Å². The fourth-order valence-electron chi connectivity index (χ4n) is 3.09. The van der Waals surface area contributed by atoms with E-state index in [1.807, 2.05) is 0 Å². The zero-order chi connectivity index (χ0) is 12.7. The van der Waals surface area contributed by atoms with Crippen LogP contribution in [0.1, 0.15) is 24.8 Å². The number of nitrogens with zero attached hydrogens (tertiary/aromatic N) is 1. The lowest BCUT2D eigenvalue weighted by atomic mass is 9.94. The Hall–Kier alpha value is -1.48. The normalized spacial score (nSPS) is 30.1. The summed E-state index contributed by atoms with van der Waals surface area (Å²) in [5.41, 5.74) is 1.29. The number of ketones is 1. The monoisotopic (exact) mass is 245 g/mol. The van der Waals surface area contributed by atoms with Gasteiger partial charge in [-0.3, -0.25) is 9.69 Å². The van der Waals surface area contributed by atoms with Crippen LogP contribution < -0.4 is 0 Å². The second-order valence-electron chi connectivity index (χ2n) is 5.16. The van der Waals surface area contributed by atoms with E-state index in [0.717, 1.165) is 18.4 Å². The molecule has 3 rings (SSSR count). The summed E-state index contributed by atoms with van der Waals surface area (Å²) in [5, 5.41) is 0. The van der Waals surface area contributed by atoms with Crippen molar-refractivity contribution in [2.24, 2.45) is 0 Å². The van der Waals surface area contributed by atoms with E-state index in [-0.39, 0.29) is 17.6 Å². The summed E-state index contributed by atoms with van der Waals surface area (Å²) in [6.07, 6.45) is 4.39. The first kappa shape index (κ1) is 11.6. The lowest BCUT2D eigenvalue weighted by Crippen LogP contribution is -2.41. The smallest absolute Gasteiger partial charge is 0.162 e. The first-order chi connectivity index (χ1) is 8.66. The van der Waals surface area contributed by atoms with Gasteiger partial charge in [0.2, 0.25) is 0 Å². The van der Waals surface area contributed by atoms with Gasteiger partial charge in [-0.2, -0.15) is 0 Å². The molecule has 2 aliphatic rings. The minimum absolute atomic E-state index is 0.177. The molecule has 2 atom stereocenters. The standard InChI is InChI=1S/C15H16FNO/c1-17-11-6-7-14(17)12(15(18)9-11)8-10-4-2-3-5-13(10)16/h2-5,8,11,14H,6-7,9H2,1H3/b12-8-. The minimum Gasteiger partial charge on any atom is -0.296 e. The third-order valence-electron chi connectivity index (χ3n) is 4.16. The van der Waals surface area contributed by atoms with E-state index >= 15 is 0 Å². The quantitative estimate of drug-likeness (QED) is 0.709. The summed E-state index contributed by atoms with van der Waals surface area (Å²) in [6, 6.07) is 7.18. The van der Waals surface area contributed by atoms with E-state index in [0.29, 0.717) is 18.0 Å². The van der Waals surface area contributed by atoms with Gasteiger partial charge in [0.15, 0.2) is 5.78 Å². The van der Waals surface area contributed by atoms with Gasteiger partial charge < -0.3 is 0 Å². The third kappa shape index (κ3) is 1.79. The Morgan fingerprint density at radius 2 is 2.11 bits per heavy atom. The molecular weight excluding hydrogens is 229 g/mol. The fraction of sp³-hybridized carbons (Fsp3) is 0.400. The maximum atomic E-state index is 13.6. The van der Waals surface area contributed by atoms with Crippen LogP contribution in [0.25, 0.3) is 6.08 Å². The van der Waals surface area contributed by atoms with Crippen LogP contribution in [0.5, 0.6) is 0 Å². The number of likely N-dealkylation sites (N-methyl/N-ethyl adjacent to an activating group) is 1. The molecule has 2 aliphatic heterocycles. The topological polar surface area (TPSA) is 20.3 Å². The molecule has 0 aromatic heterocycles. The number of halogens is 1. The molecule has 0 saturated carbocycles. The Morgan fingerprint density at radius 3 is 2.89 bits per heavy atom. The summed E-state index contributed by atoms with van der Waals surface area (Å²) >= 11 is 0. The number of rotatable bonds is 1. The number of carbonyl (C=O) groups is 1. The van der Waals surface area contributed by atoms with Crippen LogP contribution in [0.3, 0.4) is 0 Å². The molecule has 0 amide bonds. The van der Waals surface area contributed by atoms with Gasteiger partial charge in [0.05, 0.1) is 0 Å². The van der Waals surface area contributed by atoms with Gasteiger partial charge in [0.25, 0.3) is 0 Å². The average Bonchev–Trinajstić information content (AvgIpc) is 2.61. The van der Waals surface area contributed by atoms with E-state index in [1.165, 1.54) is 6.07 Å². The van der Waals surface area contributed by atoms with Gasteiger partial charge in [-0.15, -0.1) is 0 Å². The highest BCUT2D eigenvalue weighted by Crippen LogP contribution is 2.36. The number of piperidine rings is 1. The second kappa shape index (κ2) is 4.32. The van der Waals surface area contributed by atoms with E-state index < -0.39 is 0 Å². The van der Waals surface area contributed by atoms with Gasteiger partial charge in [0, 0.05) is 29.6 Å². The van der Waals surface area contributed by atoms with Crippen molar-refractivity contribution in [3.8, 4) is 0 Å². The Morgan fingerprint density at radius 1 is 1.33 bits per heavy atom. The molecule has 0 aliphatic carbocycles. The van der Waals surface area contributed by atoms with E-state index in [4.69, 9.17) is 0 Å². The molecule has 2 bridgehead atoms. The molecule has 2 unspecified atom stereocenters. The molecule has 94 valence electrons. The molecule has 2 heterocycles. The maximum absolute atomic E-state index is 13.6. The molecule has 2 nitrogen and oxygen atoms in total. The number of benzene rings is 1. The summed E-state index contributed by atoms with van der Waals surface area (Å²) < 4.78 is 13.6. The predicted molar refractivity (Wildman–Crippen MR) is 68.6 cm³/mol. The summed E-state index contributed by atoms with van der Waals surface area (Å²) in [5.74, 6) is -0.0792. The van der Waals surface area contributed by atoms with E-state index in [9.17, 15) is 9.18 Å². The largest absolute Gasteiger partial charge is 0.296 e. The van der Waals surface area contributed by atoms with Crippen molar-refractivity contribution < 1.29 is 9.18 Å². The molecule has 0 spiro atoms. The summed E-state index contributed by atoms with van der Waals surface area (Å²) in [4.78, 5) is 14.4. The van der Waals surface area contributed by atoms with Gasteiger partial charge in [0.1, 0.15) is 5.82 Å². The van der Waals surface area contributed by atoms with Crippen LogP contribution in [0, 0.1) is 5.82 Å². The zero-order valence-electron chi connectivity index (χ0n) is 10.4. The number of fused-ring (bicyclic) bond motifs is 2. The summed E-state index contributed by atoms with van der Waals surface area (Å²) in [7, 11) is 2.06. The first-order valence-corrected chi connectivity index (χ1v) is 6.38. The Labute approximate surface area is 106 Å². The molecular formula is C15H16FNO. The molecule has 0 N–H and O–H groups in total. The first-order valence-electron chi connectivity index (χ1n) is 6.38. The molecule has 1 aromatic carbocycles. The number of hydrogen-bond donors (Lipinski definition) is 0. The highest BCUT2D eigenvalue weighted by atomic mass is 19.1. The van der Waals surface area contributed by atoms with Crippen LogP contribution in [0.4, 0.5) is 4.39 Å². The highest BCUT2D eigenvalue weighted by molar-refractivity contribution is 6.02. The lowest BCUT2D eigenvalue weighted by molar-refractivity contribution is -0.118. The van der Waals surface area contributed by atoms with Crippen molar-refractivity contribution >= 4 is 11.9 Å². The van der Waals surface area contributed by atoms with Crippen molar-refractivity contribution in [1.29, 1.82) is 0 Å². The van der Waals surface area contributed by atoms with Gasteiger partial charge in [-0.1, -0.05) is 18.2 Å². The number of carbonyl (C=O) groups excluding carboxylic acids is 1. The second-order valence-corrected chi connectivity index (χ2v) is 5.16. The molecule has 2 saturated heterocycles. The molecule has 0 radical (unpaired) electrons. The van der Waals surface area contributed by atoms with Gasteiger partial charge in [-0.05, 0) is 32.0 Å². The number of Topliss-reactive ketones (excluding diaryl/α,β-unsaturated/α-hetero) is 1. The SMILES string of the molecule is CN1C2CCC1/C(=C/c1ccccc1F)C(=O)C2. The van der Waals surface area contributed by atoms with Crippen molar-refractivity contribution in [3.63, 3.8) is 0 Å². The minimum atomic E-state index is -0.263. The van der Waals surface area contributed by atoms with Gasteiger partial charge >= 0.3 is 0 Å². The van der Waals surface area contributed by atoms with Crippen molar-refractivity contribution in [3.05, 3.63) is 41.2 Å². The fourth-order valence-corrected chi connectivity index (χ4v) is 3.09. The molecule has 2 fully saturated rings. The molecule has 1 aromatic rings. The van der Waals surface area contributed by atoms with Crippen molar-refractivity contribution in [2.45, 2.75) is 31.3 Å². The Kier molecular flexibility index (Phi) is 2.78.